The number of thioether (sulfide) groups is 1. The molecule has 0 atom stereocenters. The SMILES string of the molecule is Cc1cc(CSc2ccccc2C(=O)NCCCn2ccnc2)on1. The average molecular weight is 356 g/mol. The van der Waals surface area contributed by atoms with Gasteiger partial charge < -0.3 is 14.4 Å². The van der Waals surface area contributed by atoms with E-state index in [2.05, 4.69) is 15.5 Å². The van der Waals surface area contributed by atoms with Crippen molar-refractivity contribution in [2.24, 2.45) is 0 Å². The lowest BCUT2D eigenvalue weighted by Crippen LogP contribution is -2.25. The van der Waals surface area contributed by atoms with E-state index in [0.717, 1.165) is 29.3 Å². The van der Waals surface area contributed by atoms with Crippen molar-refractivity contribution in [3.05, 3.63) is 66.1 Å². The quantitative estimate of drug-likeness (QED) is 0.495. The summed E-state index contributed by atoms with van der Waals surface area (Å²) in [6.45, 7) is 3.35. The molecule has 0 spiro atoms. The van der Waals surface area contributed by atoms with Crippen molar-refractivity contribution < 1.29 is 9.32 Å². The van der Waals surface area contributed by atoms with Gasteiger partial charge in [-0.1, -0.05) is 17.3 Å². The van der Waals surface area contributed by atoms with Gasteiger partial charge in [-0.25, -0.2) is 4.98 Å². The third-order valence-corrected chi connectivity index (χ3v) is 4.71. The summed E-state index contributed by atoms with van der Waals surface area (Å²) < 4.78 is 7.22. The van der Waals surface area contributed by atoms with Crippen molar-refractivity contribution in [1.82, 2.24) is 20.0 Å². The molecule has 25 heavy (non-hydrogen) atoms. The zero-order valence-corrected chi connectivity index (χ0v) is 14.8. The molecule has 2 heterocycles. The Morgan fingerprint density at radius 3 is 3.00 bits per heavy atom. The topological polar surface area (TPSA) is 73.0 Å². The van der Waals surface area contributed by atoms with E-state index in [-0.39, 0.29) is 5.91 Å². The fourth-order valence-electron chi connectivity index (χ4n) is 2.39. The second kappa shape index (κ2) is 8.53. The number of carbonyl (C=O) groups is 1. The van der Waals surface area contributed by atoms with Gasteiger partial charge in [0, 0.05) is 36.4 Å². The summed E-state index contributed by atoms with van der Waals surface area (Å²) in [6, 6.07) is 9.52. The number of nitrogens with one attached hydrogen (secondary N) is 1. The highest BCUT2D eigenvalue weighted by molar-refractivity contribution is 7.98. The zero-order chi connectivity index (χ0) is 17.5. The Morgan fingerprint density at radius 1 is 1.36 bits per heavy atom. The maximum atomic E-state index is 12.5. The Morgan fingerprint density at radius 2 is 2.24 bits per heavy atom. The van der Waals surface area contributed by atoms with Gasteiger partial charge in [0.05, 0.1) is 23.3 Å². The Bertz CT molecular complexity index is 814. The van der Waals surface area contributed by atoms with Gasteiger partial charge in [-0.15, -0.1) is 11.8 Å². The van der Waals surface area contributed by atoms with Crippen LogP contribution in [0.5, 0.6) is 0 Å². The van der Waals surface area contributed by atoms with Gasteiger partial charge in [-0.3, -0.25) is 4.79 Å². The maximum Gasteiger partial charge on any atom is 0.252 e. The van der Waals surface area contributed by atoms with E-state index in [1.807, 2.05) is 48.0 Å². The first-order valence-corrected chi connectivity index (χ1v) is 9.09. The molecule has 3 aromatic rings. The van der Waals surface area contributed by atoms with Gasteiger partial charge in [0.2, 0.25) is 0 Å². The predicted molar refractivity (Wildman–Crippen MR) is 96.4 cm³/mol. The maximum absolute atomic E-state index is 12.5. The summed E-state index contributed by atoms with van der Waals surface area (Å²) in [5, 5.41) is 6.87. The van der Waals surface area contributed by atoms with E-state index in [1.165, 1.54) is 0 Å². The Labute approximate surface area is 150 Å². The third kappa shape index (κ3) is 4.96. The summed E-state index contributed by atoms with van der Waals surface area (Å²) in [7, 11) is 0. The van der Waals surface area contributed by atoms with E-state index in [0.29, 0.717) is 17.9 Å². The summed E-state index contributed by atoms with van der Waals surface area (Å²) in [5.74, 6) is 1.40. The van der Waals surface area contributed by atoms with Crippen molar-refractivity contribution in [2.75, 3.05) is 6.54 Å². The van der Waals surface area contributed by atoms with E-state index >= 15 is 0 Å². The van der Waals surface area contributed by atoms with Crippen LogP contribution >= 0.6 is 11.8 Å². The highest BCUT2D eigenvalue weighted by Crippen LogP contribution is 2.26. The molecular formula is C18H20N4O2S. The highest BCUT2D eigenvalue weighted by Gasteiger charge is 2.12. The minimum atomic E-state index is -0.0533. The van der Waals surface area contributed by atoms with Crippen LogP contribution in [0.4, 0.5) is 0 Å². The van der Waals surface area contributed by atoms with Crippen LogP contribution in [0.15, 0.2) is 58.5 Å². The monoisotopic (exact) mass is 356 g/mol. The summed E-state index contributed by atoms with van der Waals surface area (Å²) in [4.78, 5) is 17.4. The molecule has 7 heteroatoms. The Hall–Kier alpha value is -2.54. The lowest BCUT2D eigenvalue weighted by atomic mass is 10.2. The first-order chi connectivity index (χ1) is 12.2. The predicted octanol–water partition coefficient (Wildman–Crippen LogP) is 3.29. The van der Waals surface area contributed by atoms with Gasteiger partial charge in [-0.2, -0.15) is 0 Å². The number of carbonyl (C=O) groups excluding carboxylic acids is 1. The molecule has 0 saturated carbocycles. The number of benzene rings is 1. The number of nitrogens with zero attached hydrogens (tertiary/aromatic N) is 3. The molecule has 1 aromatic carbocycles. The standard InChI is InChI=1S/C18H20N4O2S/c1-14-11-15(24-21-14)12-25-17-6-3-2-5-16(17)18(23)20-7-4-9-22-10-8-19-13-22/h2-3,5-6,8,10-11,13H,4,7,9,12H2,1H3,(H,20,23). The van der Waals surface area contributed by atoms with Gasteiger partial charge in [0.15, 0.2) is 0 Å². The van der Waals surface area contributed by atoms with Crippen LogP contribution in [0.25, 0.3) is 0 Å². The molecule has 0 saturated heterocycles. The number of hydrogen-bond acceptors (Lipinski definition) is 5. The van der Waals surface area contributed by atoms with Crippen LogP contribution < -0.4 is 5.32 Å². The van der Waals surface area contributed by atoms with Crippen LogP contribution in [0.1, 0.15) is 28.2 Å². The smallest absolute Gasteiger partial charge is 0.252 e. The first kappa shape index (κ1) is 17.3. The van der Waals surface area contributed by atoms with Gasteiger partial charge in [-0.05, 0) is 25.5 Å². The van der Waals surface area contributed by atoms with Crippen LogP contribution in [-0.2, 0) is 12.3 Å². The van der Waals surface area contributed by atoms with E-state index < -0.39 is 0 Å². The fourth-order valence-corrected chi connectivity index (χ4v) is 3.32. The minimum Gasteiger partial charge on any atom is -0.360 e. The molecule has 130 valence electrons. The minimum absolute atomic E-state index is 0.0533. The van der Waals surface area contributed by atoms with Crippen LogP contribution in [0.3, 0.4) is 0 Å². The molecule has 2 aromatic heterocycles. The molecule has 1 N–H and O–H groups in total. The molecule has 3 rings (SSSR count). The van der Waals surface area contributed by atoms with Crippen LogP contribution in [0.2, 0.25) is 0 Å². The summed E-state index contributed by atoms with van der Waals surface area (Å²) in [6.07, 6.45) is 6.30. The number of aromatic nitrogens is 3. The van der Waals surface area contributed by atoms with Crippen molar-refractivity contribution >= 4 is 17.7 Å². The molecule has 0 bridgehead atoms. The molecule has 6 nitrogen and oxygen atoms in total. The van der Waals surface area contributed by atoms with Crippen molar-refractivity contribution in [3.63, 3.8) is 0 Å². The molecule has 0 aliphatic rings. The van der Waals surface area contributed by atoms with Crippen molar-refractivity contribution in [1.29, 1.82) is 0 Å². The van der Waals surface area contributed by atoms with E-state index in [9.17, 15) is 4.79 Å². The van der Waals surface area contributed by atoms with Crippen LogP contribution in [0, 0.1) is 6.92 Å². The third-order valence-electron chi connectivity index (χ3n) is 3.62. The summed E-state index contributed by atoms with van der Waals surface area (Å²) in [5.41, 5.74) is 1.55. The molecule has 0 fully saturated rings. The molecule has 0 radical (unpaired) electrons. The lowest BCUT2D eigenvalue weighted by Gasteiger charge is -2.09. The van der Waals surface area contributed by atoms with Gasteiger partial charge >= 0.3 is 0 Å². The van der Waals surface area contributed by atoms with Gasteiger partial charge in [0.1, 0.15) is 5.76 Å². The second-order valence-electron chi connectivity index (χ2n) is 5.63. The van der Waals surface area contributed by atoms with Crippen molar-refractivity contribution in [2.45, 2.75) is 30.5 Å². The lowest BCUT2D eigenvalue weighted by molar-refractivity contribution is 0.0950. The number of rotatable bonds is 8. The zero-order valence-electron chi connectivity index (χ0n) is 14.0. The highest BCUT2D eigenvalue weighted by atomic mass is 32.2. The first-order valence-electron chi connectivity index (χ1n) is 8.10. The molecule has 0 aliphatic heterocycles. The number of imidazole rings is 1. The van der Waals surface area contributed by atoms with Crippen molar-refractivity contribution in [3.8, 4) is 0 Å². The van der Waals surface area contributed by atoms with Gasteiger partial charge in [0.25, 0.3) is 5.91 Å². The summed E-state index contributed by atoms with van der Waals surface area (Å²) >= 11 is 1.57. The normalized spacial score (nSPS) is 10.8. The van der Waals surface area contributed by atoms with E-state index in [1.54, 1.807) is 24.3 Å². The molecule has 0 aliphatic carbocycles. The number of aryl methyl sites for hydroxylation is 2. The number of amides is 1. The van der Waals surface area contributed by atoms with E-state index in [4.69, 9.17) is 4.52 Å². The molecule has 1 amide bonds. The number of hydrogen-bond donors (Lipinski definition) is 1. The molecule has 0 unspecified atom stereocenters. The second-order valence-corrected chi connectivity index (χ2v) is 6.65. The average Bonchev–Trinajstić information content (AvgIpc) is 3.28. The Balaban J connectivity index is 1.52. The largest absolute Gasteiger partial charge is 0.360 e. The van der Waals surface area contributed by atoms with Crippen LogP contribution in [-0.4, -0.2) is 27.2 Å². The molecular weight excluding hydrogens is 336 g/mol. The fraction of sp³-hybridized carbons (Fsp3) is 0.278. The Kier molecular flexibility index (Phi) is 5.90.